The Labute approximate surface area is 94.2 Å². The summed E-state index contributed by atoms with van der Waals surface area (Å²) in [4.78, 5) is 11.4. The molecule has 1 heterocycles. The molecule has 1 aromatic heterocycles. The van der Waals surface area contributed by atoms with Crippen LogP contribution in [0, 0.1) is 0 Å². The zero-order valence-corrected chi connectivity index (χ0v) is 9.21. The quantitative estimate of drug-likeness (QED) is 0.824. The van der Waals surface area contributed by atoms with Crippen LogP contribution < -0.4 is 5.73 Å². The Morgan fingerprint density at radius 3 is 2.71 bits per heavy atom. The van der Waals surface area contributed by atoms with Crippen molar-refractivity contribution >= 4 is 50.5 Å². The van der Waals surface area contributed by atoms with Gasteiger partial charge in [-0.3, -0.25) is 4.79 Å². The number of benzene rings is 1. The zero-order valence-electron chi connectivity index (χ0n) is 6.88. The molecule has 2 N–H and O–H groups in total. The van der Waals surface area contributed by atoms with E-state index in [1.807, 2.05) is 0 Å². The van der Waals surface area contributed by atoms with Crippen LogP contribution in [-0.2, 0) is 0 Å². The third-order valence-corrected chi connectivity index (χ3v) is 3.72. The molecule has 0 saturated heterocycles. The van der Waals surface area contributed by atoms with Gasteiger partial charge in [0.15, 0.2) is 0 Å². The summed E-state index contributed by atoms with van der Waals surface area (Å²) < 4.78 is 0.872. The highest BCUT2D eigenvalue weighted by Gasteiger charge is 2.14. The number of amides is 1. The molecule has 2 aromatic rings. The third kappa shape index (κ3) is 1.47. The van der Waals surface area contributed by atoms with E-state index in [1.54, 1.807) is 18.2 Å². The van der Waals surface area contributed by atoms with E-state index >= 15 is 0 Å². The van der Waals surface area contributed by atoms with Crippen LogP contribution in [0.4, 0.5) is 0 Å². The van der Waals surface area contributed by atoms with Gasteiger partial charge < -0.3 is 5.73 Å². The number of thiophene rings is 1. The summed E-state index contributed by atoms with van der Waals surface area (Å²) in [5, 5.41) is 1.84. The van der Waals surface area contributed by atoms with E-state index in [2.05, 4.69) is 0 Å². The first-order valence-corrected chi connectivity index (χ1v) is 5.34. The van der Waals surface area contributed by atoms with E-state index in [1.165, 1.54) is 11.3 Å². The van der Waals surface area contributed by atoms with Gasteiger partial charge in [-0.05, 0) is 12.1 Å². The molecule has 0 saturated carbocycles. The summed E-state index contributed by atoms with van der Waals surface area (Å²) in [6.07, 6.45) is 0. The Bertz CT molecular complexity index is 521. The molecule has 0 atom stereocenters. The normalized spacial score (nSPS) is 10.7. The van der Waals surface area contributed by atoms with Crippen LogP contribution in [-0.4, -0.2) is 5.91 Å². The molecule has 0 aliphatic carbocycles. The monoisotopic (exact) mass is 245 g/mol. The number of hydrogen-bond acceptors (Lipinski definition) is 2. The lowest BCUT2D eigenvalue weighted by Crippen LogP contribution is -2.08. The Hall–Kier alpha value is -0.770. The summed E-state index contributed by atoms with van der Waals surface area (Å²) in [5.41, 5.74) is 5.17. The third-order valence-electron chi connectivity index (χ3n) is 1.82. The molecule has 72 valence electrons. The highest BCUT2D eigenvalue weighted by atomic mass is 35.5. The van der Waals surface area contributed by atoms with Gasteiger partial charge in [0.05, 0.1) is 5.02 Å². The number of rotatable bonds is 1. The molecular formula is C9H5Cl2NOS. The Kier molecular flexibility index (Phi) is 2.39. The predicted molar refractivity (Wildman–Crippen MR) is 60.4 cm³/mol. The first-order valence-electron chi connectivity index (χ1n) is 3.77. The summed E-state index contributed by atoms with van der Waals surface area (Å²) in [7, 11) is 0. The van der Waals surface area contributed by atoms with Crippen LogP contribution in [0.5, 0.6) is 0 Å². The molecule has 0 aliphatic rings. The smallest absolute Gasteiger partial charge is 0.260 e. The summed E-state index contributed by atoms with van der Waals surface area (Å²) in [5.74, 6) is -0.507. The van der Waals surface area contributed by atoms with E-state index < -0.39 is 5.91 Å². The highest BCUT2D eigenvalue weighted by Crippen LogP contribution is 2.36. The molecule has 0 fully saturated rings. The van der Waals surface area contributed by atoms with E-state index in [9.17, 15) is 4.79 Å². The van der Waals surface area contributed by atoms with E-state index in [4.69, 9.17) is 28.9 Å². The fraction of sp³-hybridized carbons (Fsp3) is 0. The van der Waals surface area contributed by atoms with E-state index in [0.717, 1.165) is 10.1 Å². The van der Waals surface area contributed by atoms with Crippen molar-refractivity contribution in [2.45, 2.75) is 0 Å². The molecule has 14 heavy (non-hydrogen) atoms. The lowest BCUT2D eigenvalue weighted by atomic mass is 10.2. The SMILES string of the molecule is NC(=O)c1sc2cc(Cl)ccc2c1Cl. The van der Waals surface area contributed by atoms with E-state index in [0.29, 0.717) is 14.9 Å². The van der Waals surface area contributed by atoms with Crippen molar-refractivity contribution in [2.75, 3.05) is 0 Å². The van der Waals surface area contributed by atoms with Crippen molar-refractivity contribution in [3.63, 3.8) is 0 Å². The molecule has 2 rings (SSSR count). The van der Waals surface area contributed by atoms with Gasteiger partial charge in [-0.15, -0.1) is 11.3 Å². The maximum absolute atomic E-state index is 11.0. The molecule has 2 nitrogen and oxygen atoms in total. The van der Waals surface area contributed by atoms with Crippen molar-refractivity contribution in [1.82, 2.24) is 0 Å². The molecule has 0 radical (unpaired) electrons. The number of fused-ring (bicyclic) bond motifs is 1. The standard InChI is InChI=1S/C9H5Cl2NOS/c10-4-1-2-5-6(3-4)14-8(7(5)11)9(12)13/h1-3H,(H2,12,13). The van der Waals surface area contributed by atoms with Gasteiger partial charge in [0.1, 0.15) is 4.88 Å². The average Bonchev–Trinajstić information content (AvgIpc) is 2.43. The minimum Gasteiger partial charge on any atom is -0.365 e. The minimum atomic E-state index is -0.507. The Balaban J connectivity index is 2.79. The minimum absolute atomic E-state index is 0.379. The van der Waals surface area contributed by atoms with Crippen molar-refractivity contribution in [3.8, 4) is 0 Å². The lowest BCUT2D eigenvalue weighted by Gasteiger charge is -1.90. The van der Waals surface area contributed by atoms with Crippen molar-refractivity contribution in [3.05, 3.63) is 33.1 Å². The Morgan fingerprint density at radius 1 is 1.36 bits per heavy atom. The number of carbonyl (C=O) groups excluding carboxylic acids is 1. The van der Waals surface area contributed by atoms with Gasteiger partial charge in [0.2, 0.25) is 0 Å². The molecule has 0 aliphatic heterocycles. The summed E-state index contributed by atoms with van der Waals surface area (Å²) >= 11 is 13.0. The number of primary amides is 1. The van der Waals surface area contributed by atoms with Gasteiger partial charge in [-0.1, -0.05) is 29.3 Å². The van der Waals surface area contributed by atoms with Gasteiger partial charge in [0, 0.05) is 15.1 Å². The topological polar surface area (TPSA) is 43.1 Å². The molecule has 1 aromatic carbocycles. The van der Waals surface area contributed by atoms with Crippen molar-refractivity contribution in [1.29, 1.82) is 0 Å². The first-order chi connectivity index (χ1) is 6.59. The maximum Gasteiger partial charge on any atom is 0.260 e. The summed E-state index contributed by atoms with van der Waals surface area (Å²) in [6, 6.07) is 5.27. The fourth-order valence-electron chi connectivity index (χ4n) is 1.20. The van der Waals surface area contributed by atoms with Gasteiger partial charge >= 0.3 is 0 Å². The lowest BCUT2D eigenvalue weighted by molar-refractivity contribution is 0.100. The second-order valence-corrected chi connectivity index (χ2v) is 4.62. The highest BCUT2D eigenvalue weighted by molar-refractivity contribution is 7.21. The van der Waals surface area contributed by atoms with Gasteiger partial charge in [0.25, 0.3) is 5.91 Å². The molecule has 1 amide bonds. The molecule has 0 unspecified atom stereocenters. The number of nitrogens with two attached hydrogens (primary N) is 1. The molecule has 0 bridgehead atoms. The number of halogens is 2. The van der Waals surface area contributed by atoms with Gasteiger partial charge in [-0.25, -0.2) is 0 Å². The zero-order chi connectivity index (χ0) is 10.3. The number of carbonyl (C=O) groups is 1. The van der Waals surface area contributed by atoms with Crippen LogP contribution in [0.1, 0.15) is 9.67 Å². The van der Waals surface area contributed by atoms with E-state index in [-0.39, 0.29) is 0 Å². The summed E-state index contributed by atoms with van der Waals surface area (Å²) in [6.45, 7) is 0. The van der Waals surface area contributed by atoms with Crippen LogP contribution in [0.2, 0.25) is 10.0 Å². The second-order valence-electron chi connectivity index (χ2n) is 2.75. The van der Waals surface area contributed by atoms with Crippen LogP contribution in [0.3, 0.4) is 0 Å². The van der Waals surface area contributed by atoms with Crippen molar-refractivity contribution < 1.29 is 4.79 Å². The van der Waals surface area contributed by atoms with Crippen LogP contribution in [0.15, 0.2) is 18.2 Å². The maximum atomic E-state index is 11.0. The fourth-order valence-corrected chi connectivity index (χ4v) is 2.85. The molecule has 5 heteroatoms. The molecule has 0 spiro atoms. The average molecular weight is 246 g/mol. The number of hydrogen-bond donors (Lipinski definition) is 1. The molecular weight excluding hydrogens is 241 g/mol. The first kappa shape index (κ1) is 9.77. The van der Waals surface area contributed by atoms with Crippen LogP contribution in [0.25, 0.3) is 10.1 Å². The van der Waals surface area contributed by atoms with Crippen LogP contribution >= 0.6 is 34.5 Å². The second kappa shape index (κ2) is 3.42. The van der Waals surface area contributed by atoms with Crippen molar-refractivity contribution in [2.24, 2.45) is 5.73 Å². The van der Waals surface area contributed by atoms with Gasteiger partial charge in [-0.2, -0.15) is 0 Å². The predicted octanol–water partition coefficient (Wildman–Crippen LogP) is 3.31. The Morgan fingerprint density at radius 2 is 2.07 bits per heavy atom. The largest absolute Gasteiger partial charge is 0.365 e.